The summed E-state index contributed by atoms with van der Waals surface area (Å²) in [6, 6.07) is 27.8. The summed E-state index contributed by atoms with van der Waals surface area (Å²) in [5, 5.41) is 24.1. The fourth-order valence-electron chi connectivity index (χ4n) is 4.24. The topological polar surface area (TPSA) is 126 Å². The molecule has 0 spiro atoms. The van der Waals surface area contributed by atoms with E-state index < -0.39 is 16.1 Å². The van der Waals surface area contributed by atoms with Crippen molar-refractivity contribution in [2.75, 3.05) is 38.6 Å². The molecule has 0 aliphatic carbocycles. The van der Waals surface area contributed by atoms with Crippen LogP contribution in [-0.2, 0) is 10.0 Å². The predicted molar refractivity (Wildman–Crippen MR) is 158 cm³/mol. The maximum Gasteiger partial charge on any atom is 0.262 e. The highest BCUT2D eigenvalue weighted by atomic mass is 32.2. The molecule has 0 aromatic heterocycles. The first-order valence-corrected chi connectivity index (χ1v) is 14.5. The van der Waals surface area contributed by atoms with E-state index in [1.165, 1.54) is 30.3 Å². The molecule has 4 N–H and O–H groups in total. The lowest BCUT2D eigenvalue weighted by molar-refractivity contribution is 0.106. The van der Waals surface area contributed by atoms with Crippen LogP contribution in [0, 0.1) is 0 Å². The molecule has 0 amide bonds. The molecule has 0 aliphatic heterocycles. The first-order chi connectivity index (χ1) is 19.8. The van der Waals surface area contributed by atoms with Crippen LogP contribution in [-0.4, -0.2) is 58.7 Å². The summed E-state index contributed by atoms with van der Waals surface area (Å²) in [5.74, 6) is 1.60. The number of aromatic hydroxyl groups is 1. The molecule has 0 saturated carbocycles. The van der Waals surface area contributed by atoms with Gasteiger partial charge in [-0.25, -0.2) is 8.42 Å². The number of rotatable bonds is 14. The molecule has 0 fully saturated rings. The number of sulfonamides is 1. The minimum absolute atomic E-state index is 0.0113. The van der Waals surface area contributed by atoms with Crippen LogP contribution in [0.4, 0.5) is 5.69 Å². The first kappa shape index (κ1) is 29.7. The van der Waals surface area contributed by atoms with Gasteiger partial charge in [0.05, 0.1) is 24.8 Å². The average Bonchev–Trinajstić information content (AvgIpc) is 3.00. The molecule has 0 unspecified atom stereocenters. The minimum atomic E-state index is -3.90. The van der Waals surface area contributed by atoms with Crippen LogP contribution >= 0.6 is 0 Å². The van der Waals surface area contributed by atoms with Crippen molar-refractivity contribution in [2.45, 2.75) is 16.9 Å². The van der Waals surface area contributed by atoms with E-state index in [4.69, 9.17) is 14.2 Å². The van der Waals surface area contributed by atoms with Crippen LogP contribution < -0.4 is 24.2 Å². The number of benzene rings is 4. The van der Waals surface area contributed by atoms with Gasteiger partial charge >= 0.3 is 0 Å². The zero-order chi connectivity index (χ0) is 29.2. The van der Waals surface area contributed by atoms with E-state index in [2.05, 4.69) is 10.0 Å². The Kier molecular flexibility index (Phi) is 10.1. The first-order valence-electron chi connectivity index (χ1n) is 13.0. The Bertz CT molecular complexity index is 1450. The second-order valence-corrected chi connectivity index (χ2v) is 11.0. The van der Waals surface area contributed by atoms with Crippen LogP contribution in [0.1, 0.15) is 17.0 Å². The van der Waals surface area contributed by atoms with Crippen LogP contribution in [0.15, 0.2) is 102 Å². The van der Waals surface area contributed by atoms with Crippen molar-refractivity contribution >= 4 is 15.7 Å². The predicted octanol–water partition coefficient (Wildman–Crippen LogP) is 4.37. The molecule has 0 bridgehead atoms. The Morgan fingerprint density at radius 1 is 0.756 bits per heavy atom. The number of phenols is 1. The summed E-state index contributed by atoms with van der Waals surface area (Å²) in [6.45, 7) is 0.771. The number of aliphatic hydroxyl groups excluding tert-OH is 1. The quantitative estimate of drug-likeness (QED) is 0.163. The van der Waals surface area contributed by atoms with E-state index >= 15 is 0 Å². The van der Waals surface area contributed by atoms with Crippen LogP contribution in [0.2, 0.25) is 0 Å². The molecule has 4 rings (SSSR count). The van der Waals surface area contributed by atoms with Crippen molar-refractivity contribution < 1.29 is 32.8 Å². The average molecular weight is 579 g/mol. The van der Waals surface area contributed by atoms with Crippen molar-refractivity contribution in [1.29, 1.82) is 0 Å². The third-order valence-corrected chi connectivity index (χ3v) is 7.85. The fourth-order valence-corrected chi connectivity index (χ4v) is 5.32. The summed E-state index contributed by atoms with van der Waals surface area (Å²) < 4.78 is 44.0. The highest BCUT2D eigenvalue weighted by molar-refractivity contribution is 7.92. The van der Waals surface area contributed by atoms with Gasteiger partial charge in [-0.05, 0) is 59.7 Å². The zero-order valence-corrected chi connectivity index (χ0v) is 23.7. The van der Waals surface area contributed by atoms with E-state index in [9.17, 15) is 18.6 Å². The Morgan fingerprint density at radius 2 is 1.32 bits per heavy atom. The van der Waals surface area contributed by atoms with Crippen LogP contribution in [0.5, 0.6) is 23.0 Å². The number of phenolic OH excluding ortho intramolecular Hbond substituents is 1. The molecule has 41 heavy (non-hydrogen) atoms. The van der Waals surface area contributed by atoms with Gasteiger partial charge in [0.15, 0.2) is 0 Å². The molecule has 4 aromatic rings. The molecule has 0 saturated heterocycles. The smallest absolute Gasteiger partial charge is 0.262 e. The Labute approximate surface area is 240 Å². The largest absolute Gasteiger partial charge is 0.506 e. The summed E-state index contributed by atoms with van der Waals surface area (Å²) >= 11 is 0. The third kappa shape index (κ3) is 8.14. The monoisotopic (exact) mass is 578 g/mol. The van der Waals surface area contributed by atoms with Gasteiger partial charge < -0.3 is 29.7 Å². The van der Waals surface area contributed by atoms with Gasteiger partial charge in [-0.15, -0.1) is 0 Å². The lowest BCUT2D eigenvalue weighted by atomic mass is 9.91. The zero-order valence-electron chi connectivity index (χ0n) is 22.9. The second kappa shape index (κ2) is 13.9. The summed E-state index contributed by atoms with van der Waals surface area (Å²) in [5.41, 5.74) is 2.15. The van der Waals surface area contributed by atoms with Gasteiger partial charge in [-0.2, -0.15) is 0 Å². The Morgan fingerprint density at radius 3 is 1.88 bits per heavy atom. The molecule has 0 radical (unpaired) electrons. The van der Waals surface area contributed by atoms with Crippen LogP contribution in [0.3, 0.4) is 0 Å². The van der Waals surface area contributed by atoms with Crippen molar-refractivity contribution in [1.82, 2.24) is 5.32 Å². The number of nitrogens with one attached hydrogen (secondary N) is 2. The highest BCUT2D eigenvalue weighted by Crippen LogP contribution is 2.30. The number of hydrogen-bond acceptors (Lipinski definition) is 8. The fraction of sp³-hybridized carbons (Fsp3) is 0.226. The number of anilines is 1. The maximum absolute atomic E-state index is 12.6. The van der Waals surface area contributed by atoms with Gasteiger partial charge in [0.1, 0.15) is 35.7 Å². The standard InChI is InChI=1S/C31H34N2O7S/c1-38-25-12-8-22(9-13-25)29(23-10-14-26(39-2)15-11-23)20-32-19-24(34)21-40-27-16-17-31(35)30(18-27)33-41(36,37)28-6-4-3-5-7-28/h3-18,24,29,32-35H,19-21H2,1-2H3/t24-/m0/s1. The highest BCUT2D eigenvalue weighted by Gasteiger charge is 2.18. The maximum atomic E-state index is 12.6. The summed E-state index contributed by atoms with van der Waals surface area (Å²) in [6.07, 6.45) is -0.847. The van der Waals surface area contributed by atoms with Crippen molar-refractivity contribution in [3.05, 3.63) is 108 Å². The molecule has 216 valence electrons. The molecular formula is C31H34N2O7S. The molecule has 0 heterocycles. The lowest BCUT2D eigenvalue weighted by Gasteiger charge is -2.21. The molecule has 9 nitrogen and oxygen atoms in total. The van der Waals surface area contributed by atoms with Gasteiger partial charge in [-0.3, -0.25) is 4.72 Å². The minimum Gasteiger partial charge on any atom is -0.506 e. The molecule has 4 aromatic carbocycles. The Balaban J connectivity index is 1.35. The van der Waals surface area contributed by atoms with Gasteiger partial charge in [0.2, 0.25) is 0 Å². The van der Waals surface area contributed by atoms with E-state index in [0.717, 1.165) is 22.6 Å². The van der Waals surface area contributed by atoms with Crippen LogP contribution in [0.25, 0.3) is 0 Å². The molecular weight excluding hydrogens is 544 g/mol. The lowest BCUT2D eigenvalue weighted by Crippen LogP contribution is -2.34. The number of aliphatic hydroxyl groups is 1. The SMILES string of the molecule is COc1ccc(C(CNC[C@H](O)COc2ccc(O)c(NS(=O)(=O)c3ccccc3)c2)c2ccc(OC)cc2)cc1. The summed E-state index contributed by atoms with van der Waals surface area (Å²) in [7, 11) is -0.641. The third-order valence-electron chi connectivity index (χ3n) is 6.47. The molecule has 0 aliphatic rings. The van der Waals surface area contributed by atoms with Gasteiger partial charge in [-0.1, -0.05) is 42.5 Å². The Hall–Kier alpha value is -4.25. The second-order valence-electron chi connectivity index (χ2n) is 9.32. The number of ether oxygens (including phenoxy) is 3. The van der Waals surface area contributed by atoms with Crippen molar-refractivity contribution in [3.63, 3.8) is 0 Å². The summed E-state index contributed by atoms with van der Waals surface area (Å²) in [4.78, 5) is 0.0646. The van der Waals surface area contributed by atoms with E-state index in [0.29, 0.717) is 12.3 Å². The van der Waals surface area contributed by atoms with E-state index in [-0.39, 0.29) is 35.4 Å². The van der Waals surface area contributed by atoms with Gasteiger partial charge in [0.25, 0.3) is 10.0 Å². The van der Waals surface area contributed by atoms with Crippen molar-refractivity contribution in [3.8, 4) is 23.0 Å². The molecule has 1 atom stereocenters. The number of hydrogen-bond donors (Lipinski definition) is 4. The van der Waals surface area contributed by atoms with Crippen molar-refractivity contribution in [2.24, 2.45) is 0 Å². The normalized spacial score (nSPS) is 12.1. The number of methoxy groups -OCH3 is 2. The van der Waals surface area contributed by atoms with E-state index in [1.54, 1.807) is 32.4 Å². The van der Waals surface area contributed by atoms with Gasteiger partial charge in [0, 0.05) is 25.1 Å². The molecule has 10 heteroatoms. The van der Waals surface area contributed by atoms with E-state index in [1.807, 2.05) is 48.5 Å².